The molecule has 0 aromatic rings. The van der Waals surface area contributed by atoms with Crippen LogP contribution < -0.4 is 11.7 Å². The van der Waals surface area contributed by atoms with E-state index < -0.39 is 20.5 Å². The maximum Gasteiger partial charge on any atom is 0.394 e. The van der Waals surface area contributed by atoms with Crippen molar-refractivity contribution in [2.75, 3.05) is 0 Å². The molecule has 0 heterocycles. The lowest BCUT2D eigenvalue weighted by Crippen LogP contribution is -2.04. The Labute approximate surface area is 70.9 Å². The number of nitrogens with zero attached hydrogens (tertiary/aromatic N) is 2. The first-order valence-electron chi connectivity index (χ1n) is 1.95. The van der Waals surface area contributed by atoms with E-state index in [-0.39, 0.29) is 0 Å². The number of nitrogens with two attached hydrogens (primary N) is 2. The van der Waals surface area contributed by atoms with Crippen LogP contribution in [-0.2, 0) is 10.4 Å². The Hall–Kier alpha value is -1.73. The normalized spacial score (nSPS) is 8.15. The zero-order valence-corrected chi connectivity index (χ0v) is 6.62. The van der Waals surface area contributed by atoms with Crippen LogP contribution >= 0.6 is 0 Å². The second kappa shape index (κ2) is 8.37. The first-order chi connectivity index (χ1) is 5.46. The van der Waals surface area contributed by atoms with Crippen LogP contribution in [0.4, 0.5) is 0 Å². The Morgan fingerprint density at radius 2 is 1.00 bits per heavy atom. The molecule has 13 heavy (non-hydrogen) atoms. The Morgan fingerprint density at radius 1 is 1.00 bits per heavy atom. The summed E-state index contributed by atoms with van der Waals surface area (Å²) in [5, 5.41) is 15.2. The monoisotopic (exact) mass is 222 g/mol. The highest BCUT2D eigenvalue weighted by atomic mass is 32.3. The van der Waals surface area contributed by atoms with E-state index >= 15 is 0 Å². The summed E-state index contributed by atoms with van der Waals surface area (Å²) in [5.41, 5.74) is 0. The molecular weight excluding hydrogens is 216 g/mol. The van der Waals surface area contributed by atoms with Crippen LogP contribution in [0.1, 0.15) is 0 Å². The van der Waals surface area contributed by atoms with Crippen molar-refractivity contribution in [3.8, 4) is 0 Å². The zero-order chi connectivity index (χ0) is 11.7. The van der Waals surface area contributed by atoms with Crippen molar-refractivity contribution < 1.29 is 27.6 Å². The first-order valence-corrected chi connectivity index (χ1v) is 3.34. The number of hydrogen-bond acceptors (Lipinski definition) is 6. The summed E-state index contributed by atoms with van der Waals surface area (Å²) in [5.74, 6) is 7.67. The van der Waals surface area contributed by atoms with E-state index in [0.717, 1.165) is 0 Å². The lowest BCUT2D eigenvalue weighted by atomic mass is 12.8. The van der Waals surface area contributed by atoms with Gasteiger partial charge in [-0.25, -0.2) is 20.2 Å². The van der Waals surface area contributed by atoms with Crippen LogP contribution in [0, 0.1) is 20.2 Å². The SMILES string of the molecule is N[N+](=O)[O-].N[N+](=O)[O-].O=S(=O)(O)O. The van der Waals surface area contributed by atoms with Gasteiger partial charge in [0, 0.05) is 0 Å². The van der Waals surface area contributed by atoms with Gasteiger partial charge in [-0.1, -0.05) is 0 Å². The van der Waals surface area contributed by atoms with Gasteiger partial charge >= 0.3 is 10.4 Å². The van der Waals surface area contributed by atoms with Gasteiger partial charge in [0.05, 0.1) is 0 Å². The third-order valence-electron chi connectivity index (χ3n) is 0. The molecule has 0 unspecified atom stereocenters. The van der Waals surface area contributed by atoms with Crippen LogP contribution in [0.5, 0.6) is 0 Å². The Bertz CT molecular complexity index is 211. The molecule has 0 aliphatic heterocycles. The molecule has 0 saturated heterocycles. The summed E-state index contributed by atoms with van der Waals surface area (Å²) in [4.78, 5) is 17.2. The molecule has 0 spiro atoms. The maximum absolute atomic E-state index is 8.74. The highest BCUT2D eigenvalue weighted by Gasteiger charge is 1.84. The molecule has 12 nitrogen and oxygen atoms in total. The van der Waals surface area contributed by atoms with Crippen LogP contribution in [0.15, 0.2) is 0 Å². The lowest BCUT2D eigenvalue weighted by Gasteiger charge is -1.68. The van der Waals surface area contributed by atoms with E-state index in [0.29, 0.717) is 0 Å². The standard InChI is InChI=1S/2H2N2O2.H2O4S/c2*1-2(3)4;1-5(2,3)4/h2*1H2;(H2,1,2,3,4). The zero-order valence-electron chi connectivity index (χ0n) is 5.80. The van der Waals surface area contributed by atoms with Crippen molar-refractivity contribution in [2.24, 2.45) is 11.7 Å². The Balaban J connectivity index is -0.000000117. The summed E-state index contributed by atoms with van der Waals surface area (Å²) in [7, 11) is -4.67. The third kappa shape index (κ3) is 235. The minimum absolute atomic E-state index is 1.00. The number of hydrogen-bond donors (Lipinski definition) is 4. The molecule has 0 bridgehead atoms. The minimum Gasteiger partial charge on any atom is -0.264 e. The van der Waals surface area contributed by atoms with Gasteiger partial charge in [-0.3, -0.25) is 9.11 Å². The number of rotatable bonds is 0. The van der Waals surface area contributed by atoms with Gasteiger partial charge in [0.2, 0.25) is 0 Å². The molecule has 0 aliphatic carbocycles. The summed E-state index contributed by atoms with van der Waals surface area (Å²) in [6.45, 7) is 0. The molecule has 6 N–H and O–H groups in total. The molecule has 0 aromatic carbocycles. The van der Waals surface area contributed by atoms with Gasteiger partial charge in [0.15, 0.2) is 10.1 Å². The van der Waals surface area contributed by atoms with E-state index in [4.69, 9.17) is 37.8 Å². The average molecular weight is 222 g/mol. The average Bonchev–Trinajstić information content (AvgIpc) is 1.50. The molecule has 0 radical (unpaired) electrons. The summed E-state index contributed by atoms with van der Waals surface area (Å²) < 4.78 is 31.6. The smallest absolute Gasteiger partial charge is 0.264 e. The van der Waals surface area contributed by atoms with Gasteiger partial charge in [-0.2, -0.15) is 20.1 Å². The molecule has 0 aliphatic rings. The molecule has 0 fully saturated rings. The van der Waals surface area contributed by atoms with E-state index in [2.05, 4.69) is 11.7 Å². The summed E-state index contributed by atoms with van der Waals surface area (Å²) in [6.07, 6.45) is 0. The van der Waals surface area contributed by atoms with Crippen LogP contribution in [0.3, 0.4) is 0 Å². The summed E-state index contributed by atoms with van der Waals surface area (Å²) in [6, 6.07) is 0. The molecule has 0 rings (SSSR count). The number of hydrazine groups is 2. The Morgan fingerprint density at radius 3 is 1.00 bits per heavy atom. The fourth-order valence-corrected chi connectivity index (χ4v) is 0. The van der Waals surface area contributed by atoms with Crippen molar-refractivity contribution >= 4 is 10.4 Å². The highest BCUT2D eigenvalue weighted by Crippen LogP contribution is 1.59. The van der Waals surface area contributed by atoms with Gasteiger partial charge in [-0.05, 0) is 0 Å². The number of nitro groups is 2. The lowest BCUT2D eigenvalue weighted by molar-refractivity contribution is -0.491. The Kier molecular flexibility index (Phi) is 11.2. The van der Waals surface area contributed by atoms with Gasteiger partial charge in [-0.15, -0.1) is 0 Å². The van der Waals surface area contributed by atoms with Crippen molar-refractivity contribution in [2.45, 2.75) is 0 Å². The molecule has 0 amide bonds. The fourth-order valence-electron chi connectivity index (χ4n) is 0. The predicted molar refractivity (Wildman–Crippen MR) is 36.5 cm³/mol. The van der Waals surface area contributed by atoms with E-state index in [1.165, 1.54) is 0 Å². The van der Waals surface area contributed by atoms with E-state index in [1.807, 2.05) is 0 Å². The van der Waals surface area contributed by atoms with E-state index in [1.54, 1.807) is 0 Å². The van der Waals surface area contributed by atoms with E-state index in [9.17, 15) is 0 Å². The van der Waals surface area contributed by atoms with Crippen molar-refractivity contribution in [1.29, 1.82) is 0 Å². The maximum atomic E-state index is 8.74. The molecule has 0 saturated carbocycles. The largest absolute Gasteiger partial charge is 0.394 e. The van der Waals surface area contributed by atoms with Gasteiger partial charge in [0.25, 0.3) is 0 Å². The summed E-state index contributed by atoms with van der Waals surface area (Å²) >= 11 is 0. The molecule has 80 valence electrons. The van der Waals surface area contributed by atoms with Crippen LogP contribution in [0.2, 0.25) is 0 Å². The second-order valence-electron chi connectivity index (χ2n) is 1.02. The highest BCUT2D eigenvalue weighted by molar-refractivity contribution is 7.79. The van der Waals surface area contributed by atoms with Gasteiger partial charge in [0.1, 0.15) is 0 Å². The quantitative estimate of drug-likeness (QED) is 0.148. The van der Waals surface area contributed by atoms with Crippen molar-refractivity contribution in [3.05, 3.63) is 20.2 Å². The first kappa shape index (κ1) is 17.4. The van der Waals surface area contributed by atoms with Gasteiger partial charge < -0.3 is 0 Å². The molecular formula is H6N4O8S. The van der Waals surface area contributed by atoms with Crippen LogP contribution in [-0.4, -0.2) is 27.6 Å². The predicted octanol–water partition coefficient (Wildman–Crippen LogP) is -2.38. The molecule has 0 aromatic heterocycles. The van der Waals surface area contributed by atoms with Crippen molar-refractivity contribution in [3.63, 3.8) is 0 Å². The fraction of sp³-hybridized carbons (Fsp3) is 0. The molecule has 0 atom stereocenters. The van der Waals surface area contributed by atoms with Crippen LogP contribution in [0.25, 0.3) is 0 Å². The topological polar surface area (TPSA) is 213 Å². The minimum atomic E-state index is -4.67. The second-order valence-corrected chi connectivity index (χ2v) is 1.91. The molecule has 13 heteroatoms. The van der Waals surface area contributed by atoms with Crippen molar-refractivity contribution in [1.82, 2.24) is 0 Å². The third-order valence-corrected chi connectivity index (χ3v) is 0.